The Balaban J connectivity index is 2.43. The number of halogens is 2. The Morgan fingerprint density at radius 1 is 1.41 bits per heavy atom. The van der Waals surface area contributed by atoms with E-state index in [9.17, 15) is 14.0 Å². The molecule has 22 heavy (non-hydrogen) atoms. The van der Waals surface area contributed by atoms with Crippen LogP contribution in [0.5, 0.6) is 0 Å². The number of amides is 3. The van der Waals surface area contributed by atoms with E-state index in [0.717, 1.165) is 0 Å². The molecule has 0 fully saturated rings. The number of urea groups is 1. The minimum absolute atomic E-state index is 0.0671. The molecule has 1 rings (SSSR count). The summed E-state index contributed by atoms with van der Waals surface area (Å²) in [4.78, 5) is 24.6. The fourth-order valence-corrected chi connectivity index (χ4v) is 1.95. The Bertz CT molecular complexity index is 508. The smallest absolute Gasteiger partial charge is 0.321 e. The van der Waals surface area contributed by atoms with Gasteiger partial charge in [0.15, 0.2) is 0 Å². The summed E-state index contributed by atoms with van der Waals surface area (Å²) in [6, 6.07) is 3.80. The number of rotatable bonds is 7. The molecule has 0 aliphatic heterocycles. The van der Waals surface area contributed by atoms with Crippen LogP contribution in [0.2, 0.25) is 5.02 Å². The molecule has 0 saturated heterocycles. The average Bonchev–Trinajstić information content (AvgIpc) is 2.43. The van der Waals surface area contributed by atoms with Crippen LogP contribution in [0.15, 0.2) is 18.2 Å². The van der Waals surface area contributed by atoms with Crippen LogP contribution in [-0.4, -0.2) is 50.7 Å². The fourth-order valence-electron chi connectivity index (χ4n) is 1.73. The maximum absolute atomic E-state index is 13.6. The van der Waals surface area contributed by atoms with Gasteiger partial charge in [0.1, 0.15) is 5.82 Å². The Kier molecular flexibility index (Phi) is 7.79. The molecule has 0 heterocycles. The third-order valence-corrected chi connectivity index (χ3v) is 3.10. The van der Waals surface area contributed by atoms with Gasteiger partial charge in [-0.3, -0.25) is 15.0 Å². The molecule has 0 bridgehead atoms. The first-order chi connectivity index (χ1) is 10.4. The second-order valence-electron chi connectivity index (χ2n) is 4.67. The van der Waals surface area contributed by atoms with Gasteiger partial charge in [0.05, 0.1) is 13.2 Å². The van der Waals surface area contributed by atoms with Crippen molar-refractivity contribution in [2.75, 3.05) is 33.9 Å². The standard InChI is InChI=1S/C14H19ClFN3O3/c1-19(8-10-11(15)4-3-5-12(10)16)9-13(20)18-14(21)17-6-7-22-2/h3-5H,6-9H2,1-2H3,(H2,17,18,20,21). The highest BCUT2D eigenvalue weighted by Crippen LogP contribution is 2.20. The van der Waals surface area contributed by atoms with Gasteiger partial charge in [-0.2, -0.15) is 0 Å². The van der Waals surface area contributed by atoms with Gasteiger partial charge in [-0.25, -0.2) is 9.18 Å². The lowest BCUT2D eigenvalue weighted by atomic mass is 10.2. The van der Waals surface area contributed by atoms with Crippen molar-refractivity contribution in [3.63, 3.8) is 0 Å². The van der Waals surface area contributed by atoms with Crippen molar-refractivity contribution in [1.82, 2.24) is 15.5 Å². The molecular weight excluding hydrogens is 313 g/mol. The number of ether oxygens (including phenoxy) is 1. The van der Waals surface area contributed by atoms with E-state index in [1.165, 1.54) is 19.2 Å². The highest BCUT2D eigenvalue weighted by atomic mass is 35.5. The molecular formula is C14H19ClFN3O3. The van der Waals surface area contributed by atoms with Gasteiger partial charge in [0.2, 0.25) is 5.91 Å². The molecule has 0 radical (unpaired) electrons. The van der Waals surface area contributed by atoms with Crippen molar-refractivity contribution in [1.29, 1.82) is 0 Å². The third kappa shape index (κ3) is 6.38. The van der Waals surface area contributed by atoms with Crippen LogP contribution in [0, 0.1) is 5.82 Å². The van der Waals surface area contributed by atoms with Crippen LogP contribution in [-0.2, 0) is 16.1 Å². The normalized spacial score (nSPS) is 10.6. The summed E-state index contributed by atoms with van der Waals surface area (Å²) in [6.07, 6.45) is 0. The van der Waals surface area contributed by atoms with E-state index in [0.29, 0.717) is 23.7 Å². The molecule has 0 unspecified atom stereocenters. The van der Waals surface area contributed by atoms with Gasteiger partial charge in [-0.15, -0.1) is 0 Å². The van der Waals surface area contributed by atoms with E-state index in [1.807, 2.05) is 0 Å². The first kappa shape index (κ1) is 18.3. The summed E-state index contributed by atoms with van der Waals surface area (Å²) >= 11 is 5.92. The quantitative estimate of drug-likeness (QED) is 0.741. The van der Waals surface area contributed by atoms with Gasteiger partial charge in [0.25, 0.3) is 0 Å². The number of carbonyl (C=O) groups excluding carboxylic acids is 2. The molecule has 0 atom stereocenters. The molecule has 1 aromatic carbocycles. The molecule has 2 N–H and O–H groups in total. The highest BCUT2D eigenvalue weighted by molar-refractivity contribution is 6.31. The number of hydrogen-bond donors (Lipinski definition) is 2. The molecule has 8 heteroatoms. The van der Waals surface area contributed by atoms with Crippen LogP contribution in [0.25, 0.3) is 0 Å². The lowest BCUT2D eigenvalue weighted by Crippen LogP contribution is -2.44. The van der Waals surface area contributed by atoms with E-state index in [-0.39, 0.29) is 13.1 Å². The zero-order valence-electron chi connectivity index (χ0n) is 12.5. The van der Waals surface area contributed by atoms with Crippen LogP contribution in [0.1, 0.15) is 5.56 Å². The lowest BCUT2D eigenvalue weighted by molar-refractivity contribution is -0.121. The molecule has 3 amide bonds. The van der Waals surface area contributed by atoms with Crippen LogP contribution in [0.4, 0.5) is 9.18 Å². The lowest BCUT2D eigenvalue weighted by Gasteiger charge is -2.17. The number of nitrogens with one attached hydrogen (secondary N) is 2. The molecule has 0 aliphatic rings. The van der Waals surface area contributed by atoms with Crippen molar-refractivity contribution >= 4 is 23.5 Å². The van der Waals surface area contributed by atoms with Gasteiger partial charge in [-0.1, -0.05) is 17.7 Å². The Morgan fingerprint density at radius 2 is 2.14 bits per heavy atom. The SMILES string of the molecule is COCCNC(=O)NC(=O)CN(C)Cc1c(F)cccc1Cl. The Morgan fingerprint density at radius 3 is 2.77 bits per heavy atom. The number of hydrogen-bond acceptors (Lipinski definition) is 4. The molecule has 6 nitrogen and oxygen atoms in total. The first-order valence-corrected chi connectivity index (χ1v) is 7.00. The van der Waals surface area contributed by atoms with Gasteiger partial charge in [0, 0.05) is 30.8 Å². The van der Waals surface area contributed by atoms with Crippen molar-refractivity contribution in [2.24, 2.45) is 0 Å². The van der Waals surface area contributed by atoms with E-state index in [4.69, 9.17) is 16.3 Å². The zero-order valence-corrected chi connectivity index (χ0v) is 13.2. The highest BCUT2D eigenvalue weighted by Gasteiger charge is 2.14. The first-order valence-electron chi connectivity index (χ1n) is 6.62. The Labute approximate surface area is 133 Å². The number of methoxy groups -OCH3 is 1. The summed E-state index contributed by atoms with van der Waals surface area (Å²) in [5.41, 5.74) is 0.309. The van der Waals surface area contributed by atoms with Crippen LogP contribution in [0.3, 0.4) is 0 Å². The number of benzene rings is 1. The maximum atomic E-state index is 13.6. The molecule has 0 spiro atoms. The second kappa shape index (κ2) is 9.34. The van der Waals surface area contributed by atoms with Crippen LogP contribution < -0.4 is 10.6 Å². The molecule has 0 aliphatic carbocycles. The van der Waals surface area contributed by atoms with Crippen LogP contribution >= 0.6 is 11.6 Å². The molecule has 0 saturated carbocycles. The number of imide groups is 1. The third-order valence-electron chi connectivity index (χ3n) is 2.75. The molecule has 0 aromatic heterocycles. The average molecular weight is 332 g/mol. The van der Waals surface area contributed by atoms with Crippen molar-refractivity contribution in [3.05, 3.63) is 34.6 Å². The van der Waals surface area contributed by atoms with Crippen molar-refractivity contribution in [2.45, 2.75) is 6.54 Å². The summed E-state index contributed by atoms with van der Waals surface area (Å²) in [5.74, 6) is -0.929. The van der Waals surface area contributed by atoms with E-state index in [1.54, 1.807) is 18.0 Å². The topological polar surface area (TPSA) is 70.7 Å². The zero-order chi connectivity index (χ0) is 16.5. The van der Waals surface area contributed by atoms with Crippen molar-refractivity contribution < 1.29 is 18.7 Å². The predicted molar refractivity (Wildman–Crippen MR) is 81.2 cm³/mol. The van der Waals surface area contributed by atoms with E-state index >= 15 is 0 Å². The van der Waals surface area contributed by atoms with Crippen molar-refractivity contribution in [3.8, 4) is 0 Å². The number of likely N-dealkylation sites (N-methyl/N-ethyl adjacent to an activating group) is 1. The second-order valence-corrected chi connectivity index (χ2v) is 5.08. The molecule has 1 aromatic rings. The predicted octanol–water partition coefficient (Wildman–Crippen LogP) is 1.38. The minimum atomic E-state index is -0.598. The fraction of sp³-hybridized carbons (Fsp3) is 0.429. The van der Waals surface area contributed by atoms with E-state index in [2.05, 4.69) is 10.6 Å². The summed E-state index contributed by atoms with van der Waals surface area (Å²) in [6.45, 7) is 0.746. The number of nitrogens with zero attached hydrogens (tertiary/aromatic N) is 1. The van der Waals surface area contributed by atoms with Gasteiger partial charge in [-0.05, 0) is 19.2 Å². The minimum Gasteiger partial charge on any atom is -0.383 e. The van der Waals surface area contributed by atoms with Gasteiger partial charge < -0.3 is 10.1 Å². The van der Waals surface area contributed by atoms with E-state index < -0.39 is 17.8 Å². The Hall–Kier alpha value is -1.70. The maximum Gasteiger partial charge on any atom is 0.321 e. The molecule has 122 valence electrons. The van der Waals surface area contributed by atoms with Gasteiger partial charge >= 0.3 is 6.03 Å². The summed E-state index contributed by atoms with van der Waals surface area (Å²) in [7, 11) is 3.14. The largest absolute Gasteiger partial charge is 0.383 e. The summed E-state index contributed by atoms with van der Waals surface area (Å²) < 4.78 is 18.4. The number of carbonyl (C=O) groups is 2. The monoisotopic (exact) mass is 331 g/mol. The summed E-state index contributed by atoms with van der Waals surface area (Å²) in [5, 5.41) is 4.93.